The van der Waals surface area contributed by atoms with Crippen LogP contribution in [0.25, 0.3) is 5.69 Å². The van der Waals surface area contributed by atoms with Crippen LogP contribution in [0.1, 0.15) is 43.0 Å². The number of anilines is 1. The van der Waals surface area contributed by atoms with Crippen LogP contribution in [0.2, 0.25) is 5.02 Å². The Hall–Kier alpha value is -2.34. The Morgan fingerprint density at radius 1 is 1.21 bits per heavy atom. The molecule has 7 heteroatoms. The van der Waals surface area contributed by atoms with Crippen molar-refractivity contribution in [3.8, 4) is 5.69 Å². The minimum Gasteiger partial charge on any atom is -0.465 e. The number of methoxy groups -OCH3 is 1. The lowest BCUT2D eigenvalue weighted by molar-refractivity contribution is 0.0600. The predicted molar refractivity (Wildman–Crippen MR) is 108 cm³/mol. The van der Waals surface area contributed by atoms with E-state index >= 15 is 0 Å². The topological polar surface area (TPSA) is 64.4 Å². The summed E-state index contributed by atoms with van der Waals surface area (Å²) in [6, 6.07) is 7.14. The highest BCUT2D eigenvalue weighted by atomic mass is 35.5. The smallest absolute Gasteiger partial charge is 0.340 e. The largest absolute Gasteiger partial charge is 0.465 e. The van der Waals surface area contributed by atoms with Crippen molar-refractivity contribution in [1.29, 1.82) is 0 Å². The van der Waals surface area contributed by atoms with E-state index in [0.717, 1.165) is 13.0 Å². The van der Waals surface area contributed by atoms with Crippen molar-refractivity contribution in [3.05, 3.63) is 51.4 Å². The van der Waals surface area contributed by atoms with E-state index in [1.54, 1.807) is 30.5 Å². The number of carbonyl (C=O) groups excluding carboxylic acids is 1. The quantitative estimate of drug-likeness (QED) is 0.734. The zero-order valence-corrected chi connectivity index (χ0v) is 16.9. The Bertz CT molecular complexity index is 958. The highest BCUT2D eigenvalue weighted by Gasteiger charge is 2.41. The van der Waals surface area contributed by atoms with Crippen LogP contribution in [0, 0.1) is 11.8 Å². The standard InChI is InChI=1S/C21H24ClN3O3/c1-13-12-24(16-9-5-3-7-14(13)16)18-11-23-25(20(26)19(18)22)17-10-6-4-8-15(17)21(27)28-2/h4,6,8,10-11,13-14,16H,3,5,7,9,12H2,1-2H3. The number of hydrogen-bond donors (Lipinski definition) is 0. The van der Waals surface area contributed by atoms with Gasteiger partial charge in [-0.1, -0.05) is 43.5 Å². The monoisotopic (exact) mass is 401 g/mol. The molecule has 6 nitrogen and oxygen atoms in total. The highest BCUT2D eigenvalue weighted by Crippen LogP contribution is 2.42. The maximum atomic E-state index is 13.0. The number of para-hydroxylation sites is 1. The molecule has 1 aromatic heterocycles. The summed E-state index contributed by atoms with van der Waals surface area (Å²) in [7, 11) is 1.31. The molecule has 2 fully saturated rings. The first kappa shape index (κ1) is 19.0. The van der Waals surface area contributed by atoms with Crippen molar-refractivity contribution in [3.63, 3.8) is 0 Å². The molecule has 2 aromatic rings. The molecule has 0 N–H and O–H groups in total. The number of fused-ring (bicyclic) bond motifs is 1. The molecule has 1 aliphatic carbocycles. The minimum atomic E-state index is -0.525. The van der Waals surface area contributed by atoms with Crippen molar-refractivity contribution in [1.82, 2.24) is 9.78 Å². The van der Waals surface area contributed by atoms with Gasteiger partial charge >= 0.3 is 5.97 Å². The maximum absolute atomic E-state index is 13.0. The van der Waals surface area contributed by atoms with Gasteiger partial charge in [0.2, 0.25) is 0 Å². The molecule has 1 saturated heterocycles. The lowest BCUT2D eigenvalue weighted by Crippen LogP contribution is -2.36. The summed E-state index contributed by atoms with van der Waals surface area (Å²) < 4.78 is 6.00. The molecule has 0 bridgehead atoms. The first-order valence-corrected chi connectivity index (χ1v) is 10.1. The normalized spacial score (nSPS) is 24.1. The van der Waals surface area contributed by atoms with E-state index in [0.29, 0.717) is 29.3 Å². The minimum absolute atomic E-state index is 0.146. The van der Waals surface area contributed by atoms with E-state index in [-0.39, 0.29) is 10.6 Å². The van der Waals surface area contributed by atoms with Gasteiger partial charge in [-0.15, -0.1) is 0 Å². The fraction of sp³-hybridized carbons (Fsp3) is 0.476. The molecule has 2 aliphatic rings. The average Bonchev–Trinajstić information content (AvgIpc) is 3.06. The first-order valence-electron chi connectivity index (χ1n) is 9.75. The molecule has 3 atom stereocenters. The Morgan fingerprint density at radius 2 is 1.96 bits per heavy atom. The Labute approximate surface area is 169 Å². The van der Waals surface area contributed by atoms with Gasteiger partial charge in [0.05, 0.1) is 30.2 Å². The lowest BCUT2D eigenvalue weighted by Gasteiger charge is -2.33. The van der Waals surface area contributed by atoms with Crippen molar-refractivity contribution >= 4 is 23.3 Å². The number of esters is 1. The van der Waals surface area contributed by atoms with Crippen LogP contribution < -0.4 is 10.5 Å². The summed E-state index contributed by atoms with van der Waals surface area (Å²) in [6.07, 6.45) is 6.49. The molecule has 0 spiro atoms. The predicted octanol–water partition coefficient (Wildman–Crippen LogP) is 3.69. The van der Waals surface area contributed by atoms with Crippen LogP contribution in [-0.2, 0) is 4.74 Å². The van der Waals surface area contributed by atoms with Crippen molar-refractivity contribution in [2.75, 3.05) is 18.6 Å². The van der Waals surface area contributed by atoms with E-state index in [1.165, 1.54) is 31.1 Å². The molecular weight excluding hydrogens is 378 g/mol. The van der Waals surface area contributed by atoms with Gasteiger partial charge in [0.1, 0.15) is 5.02 Å². The molecule has 0 radical (unpaired) electrons. The summed E-state index contributed by atoms with van der Waals surface area (Å²) >= 11 is 6.54. The molecule has 148 valence electrons. The van der Waals surface area contributed by atoms with E-state index in [1.807, 2.05) is 0 Å². The third-order valence-corrected chi connectivity index (χ3v) is 6.50. The SMILES string of the molecule is COC(=O)c1ccccc1-n1ncc(N2CC(C)C3CCCCC32)c(Cl)c1=O. The Morgan fingerprint density at radius 3 is 2.75 bits per heavy atom. The first-order chi connectivity index (χ1) is 13.5. The van der Waals surface area contributed by atoms with E-state index in [4.69, 9.17) is 16.3 Å². The fourth-order valence-electron chi connectivity index (χ4n) is 4.79. The van der Waals surface area contributed by atoms with Gasteiger partial charge in [0.15, 0.2) is 0 Å². The zero-order chi connectivity index (χ0) is 19.8. The maximum Gasteiger partial charge on any atom is 0.340 e. The summed E-state index contributed by atoms with van der Waals surface area (Å²) in [4.78, 5) is 27.4. The molecule has 0 amide bonds. The Kier molecular flexibility index (Phi) is 5.15. The van der Waals surface area contributed by atoms with E-state index < -0.39 is 11.5 Å². The molecule has 4 rings (SSSR count). The van der Waals surface area contributed by atoms with Crippen molar-refractivity contribution in [2.24, 2.45) is 11.8 Å². The van der Waals surface area contributed by atoms with Gasteiger partial charge in [-0.2, -0.15) is 9.78 Å². The van der Waals surface area contributed by atoms with Crippen molar-refractivity contribution in [2.45, 2.75) is 38.6 Å². The number of hydrogen-bond acceptors (Lipinski definition) is 5. The van der Waals surface area contributed by atoms with E-state index in [2.05, 4.69) is 16.9 Å². The van der Waals surface area contributed by atoms with Crippen LogP contribution in [0.4, 0.5) is 5.69 Å². The zero-order valence-electron chi connectivity index (χ0n) is 16.1. The van der Waals surface area contributed by atoms with Gasteiger partial charge < -0.3 is 9.64 Å². The van der Waals surface area contributed by atoms with Gasteiger partial charge in [0.25, 0.3) is 5.56 Å². The molecule has 2 heterocycles. The summed E-state index contributed by atoms with van der Waals surface area (Å²) in [5.41, 5.74) is 0.894. The second-order valence-electron chi connectivity index (χ2n) is 7.71. The highest BCUT2D eigenvalue weighted by molar-refractivity contribution is 6.33. The van der Waals surface area contributed by atoms with Gasteiger partial charge in [-0.05, 0) is 36.8 Å². The molecular formula is C21H24ClN3O3. The average molecular weight is 402 g/mol. The molecule has 1 aromatic carbocycles. The number of benzene rings is 1. The van der Waals surface area contributed by atoms with Crippen LogP contribution in [0.3, 0.4) is 0 Å². The van der Waals surface area contributed by atoms with Gasteiger partial charge in [-0.25, -0.2) is 4.79 Å². The van der Waals surface area contributed by atoms with Gasteiger partial charge in [0, 0.05) is 12.6 Å². The molecule has 1 saturated carbocycles. The number of ether oxygens (including phenoxy) is 1. The van der Waals surface area contributed by atoms with Crippen LogP contribution in [0.5, 0.6) is 0 Å². The van der Waals surface area contributed by atoms with Gasteiger partial charge in [-0.3, -0.25) is 4.79 Å². The third-order valence-electron chi connectivity index (χ3n) is 6.14. The summed E-state index contributed by atoms with van der Waals surface area (Å²) in [5, 5.41) is 4.51. The number of rotatable bonds is 3. The number of aromatic nitrogens is 2. The number of halogens is 1. The second kappa shape index (κ2) is 7.59. The van der Waals surface area contributed by atoms with Crippen LogP contribution >= 0.6 is 11.6 Å². The number of carbonyl (C=O) groups is 1. The fourth-order valence-corrected chi connectivity index (χ4v) is 5.02. The lowest BCUT2D eigenvalue weighted by atomic mass is 9.80. The summed E-state index contributed by atoms with van der Waals surface area (Å²) in [6.45, 7) is 3.16. The molecule has 3 unspecified atom stereocenters. The molecule has 1 aliphatic heterocycles. The third kappa shape index (κ3) is 3.09. The Balaban J connectivity index is 1.75. The molecule has 28 heavy (non-hydrogen) atoms. The van der Waals surface area contributed by atoms with E-state index in [9.17, 15) is 9.59 Å². The van der Waals surface area contributed by atoms with Crippen molar-refractivity contribution < 1.29 is 9.53 Å². The summed E-state index contributed by atoms with van der Waals surface area (Å²) in [5.74, 6) is 0.694. The van der Waals surface area contributed by atoms with Crippen LogP contribution in [0.15, 0.2) is 35.3 Å². The number of nitrogens with zero attached hydrogens (tertiary/aromatic N) is 3. The second-order valence-corrected chi connectivity index (χ2v) is 8.09. The van der Waals surface area contributed by atoms with Crippen LogP contribution in [-0.4, -0.2) is 35.4 Å².